The Morgan fingerprint density at radius 1 is 2.00 bits per heavy atom. The van der Waals surface area contributed by atoms with E-state index in [0.717, 1.165) is 11.7 Å². The second-order valence-corrected chi connectivity index (χ2v) is 2.00. The molecule has 1 aliphatic rings. The van der Waals surface area contributed by atoms with Crippen LogP contribution >= 0.6 is 11.8 Å². The lowest BCUT2D eigenvalue weighted by Gasteiger charge is -1.90. The molecular weight excluding hydrogens is 108 g/mol. The third-order valence-electron chi connectivity index (χ3n) is 0.746. The van der Waals surface area contributed by atoms with Crippen molar-refractivity contribution in [2.75, 3.05) is 12.8 Å². The van der Waals surface area contributed by atoms with Crippen molar-refractivity contribution in [2.45, 2.75) is 0 Å². The molecule has 0 saturated carbocycles. The van der Waals surface area contributed by atoms with Gasteiger partial charge in [0.15, 0.2) is 5.17 Å². The summed E-state index contributed by atoms with van der Waals surface area (Å²) in [4.78, 5) is 4.00. The van der Waals surface area contributed by atoms with Gasteiger partial charge in [-0.2, -0.15) is 0 Å². The number of nitrogens with one attached hydrogen (secondary N) is 1. The minimum absolute atomic E-state index is 0.899. The molecule has 0 aromatic carbocycles. The van der Waals surface area contributed by atoms with Gasteiger partial charge in [0.05, 0.1) is 6.54 Å². The van der Waals surface area contributed by atoms with Gasteiger partial charge in [0.2, 0.25) is 0 Å². The fraction of sp³-hybridized carbons (Fsp3) is 0.500. The van der Waals surface area contributed by atoms with Crippen LogP contribution in [0.1, 0.15) is 0 Å². The fourth-order valence-corrected chi connectivity index (χ4v) is 0.840. The van der Waals surface area contributed by atoms with E-state index in [2.05, 4.69) is 10.3 Å². The maximum Gasteiger partial charge on any atom is 0.156 e. The maximum atomic E-state index is 4.00. The molecule has 0 aromatic heterocycles. The summed E-state index contributed by atoms with van der Waals surface area (Å²) in [7, 11) is 0. The summed E-state index contributed by atoms with van der Waals surface area (Å²) in [5.74, 6) is 0. The topological polar surface area (TPSA) is 24.4 Å². The molecule has 0 saturated heterocycles. The molecular formula is C4H7N2S. The van der Waals surface area contributed by atoms with Crippen LogP contribution in [-0.2, 0) is 0 Å². The molecule has 1 heterocycles. The van der Waals surface area contributed by atoms with Gasteiger partial charge in [-0.1, -0.05) is 11.8 Å². The molecule has 0 aliphatic carbocycles. The lowest BCUT2D eigenvalue weighted by Crippen LogP contribution is -2.13. The molecule has 0 spiro atoms. The number of nitrogens with zero attached hydrogens (tertiary/aromatic N) is 1. The van der Waals surface area contributed by atoms with E-state index >= 15 is 0 Å². The van der Waals surface area contributed by atoms with Gasteiger partial charge in [0.1, 0.15) is 0 Å². The summed E-state index contributed by atoms with van der Waals surface area (Å²) in [6.07, 6.45) is 2.00. The van der Waals surface area contributed by atoms with E-state index in [0.29, 0.717) is 0 Å². The van der Waals surface area contributed by atoms with E-state index in [1.54, 1.807) is 11.8 Å². The second-order valence-electron chi connectivity index (χ2n) is 1.20. The van der Waals surface area contributed by atoms with Gasteiger partial charge in [0, 0.05) is 6.54 Å². The Labute approximate surface area is 47.4 Å². The van der Waals surface area contributed by atoms with Crippen LogP contribution in [0.5, 0.6) is 0 Å². The van der Waals surface area contributed by atoms with Gasteiger partial charge >= 0.3 is 0 Å². The first kappa shape index (κ1) is 4.97. The Bertz CT molecular complexity index is 89.7. The van der Waals surface area contributed by atoms with Crippen LogP contribution in [-0.4, -0.2) is 18.0 Å². The van der Waals surface area contributed by atoms with Crippen molar-refractivity contribution in [2.24, 2.45) is 4.99 Å². The Morgan fingerprint density at radius 3 is 3.14 bits per heavy atom. The van der Waals surface area contributed by atoms with Crippen molar-refractivity contribution in [3.63, 3.8) is 0 Å². The lowest BCUT2D eigenvalue weighted by molar-refractivity contribution is 1.05. The quantitative estimate of drug-likeness (QED) is 0.496. The van der Waals surface area contributed by atoms with Crippen LogP contribution in [0.4, 0.5) is 0 Å². The van der Waals surface area contributed by atoms with E-state index in [4.69, 9.17) is 0 Å². The van der Waals surface area contributed by atoms with Gasteiger partial charge in [-0.25, -0.2) is 0 Å². The fourth-order valence-electron chi connectivity index (χ4n) is 0.432. The highest BCUT2D eigenvalue weighted by molar-refractivity contribution is 8.13. The largest absolute Gasteiger partial charge is 0.363 e. The summed E-state index contributed by atoms with van der Waals surface area (Å²) in [5.41, 5.74) is 0. The third kappa shape index (κ3) is 1.09. The van der Waals surface area contributed by atoms with Crippen molar-refractivity contribution in [3.8, 4) is 0 Å². The molecule has 2 nitrogen and oxygen atoms in total. The van der Waals surface area contributed by atoms with Crippen molar-refractivity contribution >= 4 is 16.9 Å². The first-order chi connectivity index (χ1) is 3.43. The number of hydrogen-bond donors (Lipinski definition) is 1. The second kappa shape index (κ2) is 2.21. The van der Waals surface area contributed by atoms with E-state index in [1.807, 2.05) is 12.8 Å². The predicted octanol–water partition coefficient (Wildman–Crippen LogP) is 0.470. The molecule has 0 unspecified atom stereocenters. The maximum absolute atomic E-state index is 4.00. The first-order valence-corrected chi connectivity index (χ1v) is 3.33. The molecule has 1 N–H and O–H groups in total. The van der Waals surface area contributed by atoms with E-state index in [1.165, 1.54) is 0 Å². The van der Waals surface area contributed by atoms with Crippen LogP contribution in [0.3, 0.4) is 0 Å². The number of aliphatic imine (C=N–C) groups is 1. The molecule has 0 amide bonds. The summed E-state index contributed by atoms with van der Waals surface area (Å²) in [6.45, 7) is 2.77. The van der Waals surface area contributed by atoms with Crippen LogP contribution in [0.25, 0.3) is 0 Å². The zero-order chi connectivity index (χ0) is 5.11. The highest BCUT2D eigenvalue weighted by Gasteiger charge is 2.00. The van der Waals surface area contributed by atoms with Crippen LogP contribution < -0.4 is 5.32 Å². The molecule has 0 fully saturated rings. The molecule has 0 atom stereocenters. The summed E-state index contributed by atoms with van der Waals surface area (Å²) >= 11 is 1.64. The molecule has 1 rings (SSSR count). The number of rotatable bonds is 0. The van der Waals surface area contributed by atoms with Crippen LogP contribution in [0.15, 0.2) is 4.99 Å². The predicted molar refractivity (Wildman–Crippen MR) is 33.3 cm³/mol. The summed E-state index contributed by atoms with van der Waals surface area (Å²) in [5, 5.41) is 4.09. The molecule has 1 aliphatic heterocycles. The van der Waals surface area contributed by atoms with Crippen molar-refractivity contribution in [1.82, 2.24) is 5.32 Å². The van der Waals surface area contributed by atoms with E-state index < -0.39 is 0 Å². The Hall–Kier alpha value is -0.180. The number of hydrogen-bond acceptors (Lipinski definition) is 3. The zero-order valence-corrected chi connectivity index (χ0v) is 4.96. The molecule has 0 bridgehead atoms. The summed E-state index contributed by atoms with van der Waals surface area (Å²) in [6, 6.07) is 0. The van der Waals surface area contributed by atoms with Crippen LogP contribution in [0.2, 0.25) is 0 Å². The molecule has 7 heavy (non-hydrogen) atoms. The smallest absolute Gasteiger partial charge is 0.156 e. The number of amidine groups is 1. The zero-order valence-electron chi connectivity index (χ0n) is 4.14. The van der Waals surface area contributed by atoms with Gasteiger partial charge in [-0.3, -0.25) is 4.99 Å². The average molecular weight is 115 g/mol. The molecule has 39 valence electrons. The standard InChI is InChI=1S/C4H7N2S/c1-7-4-5-2-3-6-4/h2H,3H2,1H3,(H,5,6). The van der Waals surface area contributed by atoms with Crippen LogP contribution in [0, 0.1) is 6.54 Å². The number of thioether (sulfide) groups is 1. The normalized spacial score (nSPS) is 18.7. The third-order valence-corrected chi connectivity index (χ3v) is 1.38. The highest BCUT2D eigenvalue weighted by atomic mass is 32.2. The molecule has 0 aromatic rings. The minimum atomic E-state index is 0.899. The minimum Gasteiger partial charge on any atom is -0.363 e. The monoisotopic (exact) mass is 115 g/mol. The molecule has 3 heteroatoms. The van der Waals surface area contributed by atoms with Gasteiger partial charge in [-0.05, 0) is 6.26 Å². The van der Waals surface area contributed by atoms with Gasteiger partial charge in [0.25, 0.3) is 0 Å². The lowest BCUT2D eigenvalue weighted by atomic mass is 10.7. The van der Waals surface area contributed by atoms with Gasteiger partial charge < -0.3 is 5.32 Å². The van der Waals surface area contributed by atoms with Gasteiger partial charge in [-0.15, -0.1) is 0 Å². The summed E-state index contributed by atoms with van der Waals surface area (Å²) < 4.78 is 0. The Morgan fingerprint density at radius 2 is 2.86 bits per heavy atom. The van der Waals surface area contributed by atoms with Crippen molar-refractivity contribution in [3.05, 3.63) is 6.54 Å². The Balaban J connectivity index is 2.36. The molecule has 1 radical (unpaired) electrons. The van der Waals surface area contributed by atoms with Crippen molar-refractivity contribution in [1.29, 1.82) is 0 Å². The average Bonchev–Trinajstić information content (AvgIpc) is 2.14. The van der Waals surface area contributed by atoms with E-state index in [-0.39, 0.29) is 0 Å². The highest BCUT2D eigenvalue weighted by Crippen LogP contribution is 2.00. The first-order valence-electron chi connectivity index (χ1n) is 2.11. The van der Waals surface area contributed by atoms with E-state index in [9.17, 15) is 0 Å². The van der Waals surface area contributed by atoms with Crippen molar-refractivity contribution < 1.29 is 0 Å². The SMILES string of the molecule is CSC1=N[CH]CN1. The Kier molecular flexibility index (Phi) is 1.57.